The van der Waals surface area contributed by atoms with Crippen molar-refractivity contribution in [3.63, 3.8) is 0 Å². The molecule has 4 saturated carbocycles. The van der Waals surface area contributed by atoms with Crippen molar-refractivity contribution in [3.8, 4) is 0 Å². The predicted octanol–water partition coefficient (Wildman–Crippen LogP) is -3.57. The standard InChI is InChI=1S/C59H96O27/c1-24-34(63)39(68)44(73)49(79-24)85-47-38(67)30(83-50-45(74)41(70)36(65)28(20-61)81-50)22-78-52(47)84-33-11-12-55(4)31(56(33,5)23-62)10-13-58(7)32(55)9-8-25-26-18-54(2,3)14-16-59(26,17-15-57(25,58)6)53(76)86-51-46(75)42(71)37(66)29(82-51)21-77-48-43(72)40(69)35(64)27(19-60)80-48/h8,24,26-52,60-75H,9-23H2,1-7H3/t24-,26?,27+,28+,29+,30-,31?,32?,33-,34-,35+,36+,37+,38-,39+,40-,41-,42-,43+,44+,45+,46+,47+,48+,49-,50-,51-,52-,55-,56-,57+,58+,59-/m0/s1. The number of allylic oxidation sites excluding steroid dienone is 2. The highest BCUT2D eigenvalue weighted by atomic mass is 16.8. The normalized spacial score (nSPS) is 54.8. The van der Waals surface area contributed by atoms with Crippen LogP contribution in [0.3, 0.4) is 0 Å². The number of hydrogen-bond donors (Lipinski definition) is 16. The van der Waals surface area contributed by atoms with Gasteiger partial charge in [-0.05, 0) is 111 Å². The maximum absolute atomic E-state index is 15.2. The largest absolute Gasteiger partial charge is 0.432 e. The molecule has 86 heavy (non-hydrogen) atoms. The molecular weight excluding hydrogens is 1140 g/mol. The number of carbonyl (C=O) groups excluding carboxylic acids is 1. The van der Waals surface area contributed by atoms with Crippen LogP contribution in [0.4, 0.5) is 0 Å². The van der Waals surface area contributed by atoms with Gasteiger partial charge in [0.1, 0.15) is 110 Å². The summed E-state index contributed by atoms with van der Waals surface area (Å²) in [4.78, 5) is 15.2. The molecule has 5 saturated heterocycles. The van der Waals surface area contributed by atoms with Crippen molar-refractivity contribution >= 4 is 5.97 Å². The molecular formula is C59H96O27. The lowest BCUT2D eigenvalue weighted by molar-refractivity contribution is -0.381. The summed E-state index contributed by atoms with van der Waals surface area (Å²) in [5.41, 5.74) is -2.17. The van der Waals surface area contributed by atoms with Crippen LogP contribution in [-0.4, -0.2) is 274 Å². The topological polar surface area (TPSA) is 433 Å². The SMILES string of the molecule is C[C@@H]1O[C@@H](O[C@H]2[C@H](O[C@H]3CC[C@@]4(C)C(CC[C@]5(C)C4CC=C4C6CC(C)(C)CC[C@]6(C(=O)O[C@@H]6O[C@H](CO[C@@H]7O[C@H](CO)[C@@H](O)[C@H](O)[C@H]7O)[C@@H](O)[C@H](O)[C@H]6O)CC[C@]45C)[C@]3(C)CO)OC[C@H](O[C@@H]3O[C@H](CO)[C@@H](O)[C@H](O)[C@H]3O)[C@@H]2O)[C@H](O)[C@H](O)[C@H]1O. The molecule has 9 fully saturated rings. The van der Waals surface area contributed by atoms with E-state index in [0.717, 1.165) is 6.42 Å². The molecule has 5 aliphatic heterocycles. The van der Waals surface area contributed by atoms with Crippen LogP contribution in [0.1, 0.15) is 113 Å². The molecule has 0 amide bonds. The lowest BCUT2D eigenvalue weighted by Gasteiger charge is -2.71. The summed E-state index contributed by atoms with van der Waals surface area (Å²) >= 11 is 0. The molecule has 27 nitrogen and oxygen atoms in total. The van der Waals surface area contributed by atoms with Crippen molar-refractivity contribution in [1.82, 2.24) is 0 Å². The Hall–Kier alpha value is -1.79. The molecule has 5 heterocycles. The average Bonchev–Trinajstić information content (AvgIpc) is 0.693. The van der Waals surface area contributed by atoms with Crippen LogP contribution in [0.2, 0.25) is 0 Å². The number of aliphatic hydroxyl groups excluding tert-OH is 16. The van der Waals surface area contributed by atoms with Crippen molar-refractivity contribution in [2.45, 2.75) is 266 Å². The van der Waals surface area contributed by atoms with E-state index in [-0.39, 0.29) is 35.2 Å². The first-order valence-corrected chi connectivity index (χ1v) is 30.8. The monoisotopic (exact) mass is 1240 g/mol. The molecule has 0 aromatic carbocycles. The Labute approximate surface area is 499 Å². The van der Waals surface area contributed by atoms with E-state index < -0.39 is 208 Å². The fraction of sp³-hybridized carbons (Fsp3) is 0.949. The van der Waals surface area contributed by atoms with E-state index in [1.165, 1.54) is 12.5 Å². The highest BCUT2D eigenvalue weighted by molar-refractivity contribution is 5.79. The predicted molar refractivity (Wildman–Crippen MR) is 289 cm³/mol. The zero-order valence-electron chi connectivity index (χ0n) is 50.0. The van der Waals surface area contributed by atoms with Crippen molar-refractivity contribution < 1.29 is 134 Å². The van der Waals surface area contributed by atoms with Gasteiger partial charge in [-0.3, -0.25) is 4.79 Å². The zero-order valence-corrected chi connectivity index (χ0v) is 50.0. The molecule has 27 heteroatoms. The van der Waals surface area contributed by atoms with E-state index in [4.69, 9.17) is 47.4 Å². The number of esters is 1. The summed E-state index contributed by atoms with van der Waals surface area (Å²) in [7, 11) is 0. The molecule has 33 atom stereocenters. The minimum atomic E-state index is -1.87. The van der Waals surface area contributed by atoms with Gasteiger partial charge in [0.25, 0.3) is 0 Å². The van der Waals surface area contributed by atoms with E-state index in [1.807, 2.05) is 6.92 Å². The number of ether oxygens (including phenoxy) is 10. The van der Waals surface area contributed by atoms with Crippen LogP contribution in [0.15, 0.2) is 11.6 Å². The second-order valence-electron chi connectivity index (χ2n) is 28.5. The molecule has 0 spiro atoms. The molecule has 10 rings (SSSR count). The molecule has 3 unspecified atom stereocenters. The fourth-order valence-electron chi connectivity index (χ4n) is 17.5. The highest BCUT2D eigenvalue weighted by Crippen LogP contribution is 2.76. The molecule has 5 aliphatic carbocycles. The molecule has 10 aliphatic rings. The summed E-state index contributed by atoms with van der Waals surface area (Å²) in [5, 5.41) is 172. The van der Waals surface area contributed by atoms with Crippen LogP contribution in [0.25, 0.3) is 0 Å². The average molecular weight is 1240 g/mol. The molecule has 0 aromatic rings. The van der Waals surface area contributed by atoms with Gasteiger partial charge in [0.15, 0.2) is 25.2 Å². The van der Waals surface area contributed by atoms with Crippen LogP contribution >= 0.6 is 0 Å². The van der Waals surface area contributed by atoms with Gasteiger partial charge in [0, 0.05) is 5.41 Å². The fourth-order valence-corrected chi connectivity index (χ4v) is 17.5. The van der Waals surface area contributed by atoms with E-state index in [1.54, 1.807) is 0 Å². The Morgan fingerprint density at radius 2 is 1.12 bits per heavy atom. The van der Waals surface area contributed by atoms with Crippen LogP contribution in [0.5, 0.6) is 0 Å². The Bertz CT molecular complexity index is 2380. The molecule has 494 valence electrons. The van der Waals surface area contributed by atoms with Crippen LogP contribution in [-0.2, 0) is 52.2 Å². The maximum Gasteiger partial charge on any atom is 0.315 e. The minimum absolute atomic E-state index is 0.0732. The van der Waals surface area contributed by atoms with Gasteiger partial charge in [-0.2, -0.15) is 0 Å². The van der Waals surface area contributed by atoms with E-state index in [0.29, 0.717) is 57.8 Å². The zero-order chi connectivity index (χ0) is 62.7. The second kappa shape index (κ2) is 24.9. The number of hydrogen-bond acceptors (Lipinski definition) is 27. The number of aliphatic hydroxyl groups is 16. The first-order chi connectivity index (χ1) is 40.4. The Morgan fingerprint density at radius 1 is 0.558 bits per heavy atom. The van der Waals surface area contributed by atoms with Crippen molar-refractivity contribution in [1.29, 1.82) is 0 Å². The first-order valence-electron chi connectivity index (χ1n) is 30.8. The smallest absolute Gasteiger partial charge is 0.315 e. The van der Waals surface area contributed by atoms with Gasteiger partial charge in [0.2, 0.25) is 6.29 Å². The van der Waals surface area contributed by atoms with Gasteiger partial charge in [-0.1, -0.05) is 53.2 Å². The number of carbonyl (C=O) groups is 1. The molecule has 16 N–H and O–H groups in total. The maximum atomic E-state index is 15.2. The van der Waals surface area contributed by atoms with E-state index >= 15 is 4.79 Å². The summed E-state index contributed by atoms with van der Waals surface area (Å²) in [6.45, 7) is 12.0. The number of rotatable bonds is 14. The molecule has 0 aromatic heterocycles. The summed E-state index contributed by atoms with van der Waals surface area (Å²) in [5.74, 6) is -0.979. The first kappa shape index (κ1) is 67.1. The van der Waals surface area contributed by atoms with Gasteiger partial charge in [-0.15, -0.1) is 0 Å². The third-order valence-electron chi connectivity index (χ3n) is 23.3. The van der Waals surface area contributed by atoms with Gasteiger partial charge in [-0.25, -0.2) is 0 Å². The summed E-state index contributed by atoms with van der Waals surface area (Å²) in [6.07, 6.45) is -31.3. The lowest BCUT2D eigenvalue weighted by atomic mass is 9.33. The molecule has 0 bridgehead atoms. The Morgan fingerprint density at radius 3 is 1.74 bits per heavy atom. The quantitative estimate of drug-likeness (QED) is 0.0454. The molecule has 0 radical (unpaired) electrons. The van der Waals surface area contributed by atoms with Crippen LogP contribution < -0.4 is 0 Å². The van der Waals surface area contributed by atoms with Crippen LogP contribution in [0, 0.1) is 50.2 Å². The van der Waals surface area contributed by atoms with Crippen molar-refractivity contribution in [3.05, 3.63) is 11.6 Å². The van der Waals surface area contributed by atoms with Gasteiger partial charge >= 0.3 is 5.97 Å². The Kier molecular flexibility index (Phi) is 19.4. The second-order valence-corrected chi connectivity index (χ2v) is 28.5. The van der Waals surface area contributed by atoms with E-state index in [2.05, 4.69) is 40.7 Å². The number of fused-ring (bicyclic) bond motifs is 7. The summed E-state index contributed by atoms with van der Waals surface area (Å²) < 4.78 is 60.0. The van der Waals surface area contributed by atoms with Gasteiger partial charge in [0.05, 0.1) is 50.7 Å². The van der Waals surface area contributed by atoms with Crippen molar-refractivity contribution in [2.24, 2.45) is 50.2 Å². The third-order valence-corrected chi connectivity index (χ3v) is 23.3. The summed E-state index contributed by atoms with van der Waals surface area (Å²) in [6, 6.07) is 0. The Balaban J connectivity index is 0.871. The minimum Gasteiger partial charge on any atom is -0.432 e. The van der Waals surface area contributed by atoms with E-state index in [9.17, 15) is 81.7 Å². The van der Waals surface area contributed by atoms with Gasteiger partial charge < -0.3 is 129 Å². The third kappa shape index (κ3) is 11.2. The lowest BCUT2D eigenvalue weighted by Crippen LogP contribution is -2.67. The highest BCUT2D eigenvalue weighted by Gasteiger charge is 2.71. The van der Waals surface area contributed by atoms with Crippen molar-refractivity contribution in [2.75, 3.05) is 33.0 Å².